The molecule has 94 valence electrons. The Kier molecular flexibility index (Phi) is 3.30. The van der Waals surface area contributed by atoms with Crippen LogP contribution in [0.3, 0.4) is 0 Å². The normalized spacial score (nSPS) is 28.4. The topological polar surface area (TPSA) is 21.6 Å². The minimum atomic E-state index is -1.27. The van der Waals surface area contributed by atoms with E-state index >= 15 is 0 Å². The second-order valence-electron chi connectivity index (χ2n) is 6.32. The zero-order valence-corrected chi connectivity index (χ0v) is 12.5. The minimum absolute atomic E-state index is 0.324. The van der Waals surface area contributed by atoms with Crippen LogP contribution in [0.5, 0.6) is 0 Å². The molecule has 1 unspecified atom stereocenters. The first kappa shape index (κ1) is 12.6. The van der Waals surface area contributed by atoms with Gasteiger partial charge in [-0.25, -0.2) is 4.99 Å². The van der Waals surface area contributed by atoms with Gasteiger partial charge < -0.3 is 4.74 Å². The summed E-state index contributed by atoms with van der Waals surface area (Å²) in [7, 11) is -1.27. The average Bonchev–Trinajstić information content (AvgIpc) is 2.85. The highest BCUT2D eigenvalue weighted by Crippen LogP contribution is 2.32. The van der Waals surface area contributed by atoms with Crippen molar-refractivity contribution in [2.24, 2.45) is 16.8 Å². The first-order valence-corrected chi connectivity index (χ1v) is 9.99. The smallest absolute Gasteiger partial charge is 0.194 e. The van der Waals surface area contributed by atoms with Gasteiger partial charge >= 0.3 is 0 Å². The molecule has 0 fully saturated rings. The Morgan fingerprint density at radius 2 is 2.06 bits per heavy atom. The van der Waals surface area contributed by atoms with Crippen LogP contribution in [0.15, 0.2) is 28.4 Å². The fourth-order valence-corrected chi connectivity index (χ4v) is 4.08. The first-order chi connectivity index (χ1) is 7.89. The summed E-state index contributed by atoms with van der Waals surface area (Å²) in [5, 5.41) is 1.54. The van der Waals surface area contributed by atoms with E-state index in [0.29, 0.717) is 17.9 Å². The Bertz CT molecular complexity index is 388. The van der Waals surface area contributed by atoms with Crippen LogP contribution in [-0.4, -0.2) is 26.6 Å². The molecule has 0 N–H and O–H groups in total. The summed E-state index contributed by atoms with van der Waals surface area (Å²) in [5.41, 5.74) is 0. The molecular formula is C14H23NOSi. The molecule has 17 heavy (non-hydrogen) atoms. The fraction of sp³-hybridized carbons (Fsp3) is 0.643. The zero-order valence-electron chi connectivity index (χ0n) is 11.5. The van der Waals surface area contributed by atoms with Crippen molar-refractivity contribution in [2.75, 3.05) is 6.61 Å². The zero-order chi connectivity index (χ0) is 12.6. The van der Waals surface area contributed by atoms with Crippen molar-refractivity contribution in [3.05, 3.63) is 23.4 Å². The van der Waals surface area contributed by atoms with E-state index in [9.17, 15) is 0 Å². The van der Waals surface area contributed by atoms with E-state index in [0.717, 1.165) is 12.5 Å². The third-order valence-corrected chi connectivity index (χ3v) is 5.72. The van der Waals surface area contributed by atoms with Gasteiger partial charge in [0.15, 0.2) is 5.90 Å². The SMILES string of the molecule is CC(C)[C@H]1COC(C2C=CC=C2[Si](C)(C)C)=N1. The van der Waals surface area contributed by atoms with E-state index in [4.69, 9.17) is 9.73 Å². The van der Waals surface area contributed by atoms with Gasteiger partial charge in [0.05, 0.1) is 20.0 Å². The van der Waals surface area contributed by atoms with Crippen molar-refractivity contribution >= 4 is 14.0 Å². The van der Waals surface area contributed by atoms with E-state index in [1.54, 1.807) is 5.20 Å². The van der Waals surface area contributed by atoms with E-state index in [1.165, 1.54) is 0 Å². The predicted molar refractivity (Wildman–Crippen MR) is 76.1 cm³/mol. The summed E-state index contributed by atoms with van der Waals surface area (Å²) in [4.78, 5) is 4.76. The molecule has 0 radical (unpaired) electrons. The summed E-state index contributed by atoms with van der Waals surface area (Å²) < 4.78 is 5.82. The molecule has 1 aliphatic carbocycles. The maximum Gasteiger partial charge on any atom is 0.194 e. The Balaban J connectivity index is 2.17. The van der Waals surface area contributed by atoms with Crippen LogP contribution in [-0.2, 0) is 4.74 Å². The molecule has 2 nitrogen and oxygen atoms in total. The van der Waals surface area contributed by atoms with E-state index in [-0.39, 0.29) is 0 Å². The van der Waals surface area contributed by atoms with Crippen molar-refractivity contribution < 1.29 is 4.74 Å². The Morgan fingerprint density at radius 3 is 2.59 bits per heavy atom. The maximum absolute atomic E-state index is 5.82. The molecule has 2 rings (SSSR count). The predicted octanol–water partition coefficient (Wildman–Crippen LogP) is 3.43. The van der Waals surface area contributed by atoms with Crippen molar-refractivity contribution in [1.82, 2.24) is 0 Å². The van der Waals surface area contributed by atoms with E-state index in [1.807, 2.05) is 0 Å². The van der Waals surface area contributed by atoms with Gasteiger partial charge in [-0.15, -0.1) is 0 Å². The molecule has 0 spiro atoms. The van der Waals surface area contributed by atoms with Gasteiger partial charge in [-0.2, -0.15) is 0 Å². The highest BCUT2D eigenvalue weighted by molar-refractivity contribution is 6.83. The van der Waals surface area contributed by atoms with Gasteiger partial charge in [-0.3, -0.25) is 0 Å². The molecule has 0 saturated heterocycles. The molecule has 0 aromatic carbocycles. The lowest BCUT2D eigenvalue weighted by Gasteiger charge is -2.24. The van der Waals surface area contributed by atoms with Crippen LogP contribution < -0.4 is 0 Å². The van der Waals surface area contributed by atoms with E-state index in [2.05, 4.69) is 51.7 Å². The third-order valence-electron chi connectivity index (χ3n) is 3.51. The van der Waals surface area contributed by atoms with Gasteiger partial charge in [-0.1, -0.05) is 56.9 Å². The molecule has 0 aromatic heterocycles. The summed E-state index contributed by atoms with van der Waals surface area (Å²) >= 11 is 0. The number of hydrogen-bond acceptors (Lipinski definition) is 2. The van der Waals surface area contributed by atoms with Crippen molar-refractivity contribution in [3.8, 4) is 0 Å². The van der Waals surface area contributed by atoms with Crippen molar-refractivity contribution in [3.63, 3.8) is 0 Å². The standard InChI is InChI=1S/C14H23NOSi/c1-10(2)12-9-16-14(15-12)11-7-6-8-13(11)17(3,4)5/h6-8,10-12H,9H2,1-5H3/t11?,12-/m1/s1. The summed E-state index contributed by atoms with van der Waals surface area (Å²) in [6, 6.07) is 0.349. The maximum atomic E-state index is 5.82. The minimum Gasteiger partial charge on any atom is -0.478 e. The molecule has 2 aliphatic rings. The molecule has 0 amide bonds. The second kappa shape index (κ2) is 4.45. The molecule has 3 heteroatoms. The highest BCUT2D eigenvalue weighted by Gasteiger charge is 2.34. The molecule has 0 bridgehead atoms. The largest absolute Gasteiger partial charge is 0.478 e. The Morgan fingerprint density at radius 1 is 1.35 bits per heavy atom. The van der Waals surface area contributed by atoms with Gasteiger partial charge in [0, 0.05) is 0 Å². The van der Waals surface area contributed by atoms with E-state index < -0.39 is 8.07 Å². The summed E-state index contributed by atoms with van der Waals surface area (Å²) in [6.45, 7) is 12.3. The van der Waals surface area contributed by atoms with Crippen LogP contribution in [0, 0.1) is 11.8 Å². The summed E-state index contributed by atoms with van der Waals surface area (Å²) in [5.74, 6) is 1.84. The summed E-state index contributed by atoms with van der Waals surface area (Å²) in [6.07, 6.45) is 6.66. The first-order valence-electron chi connectivity index (χ1n) is 6.49. The number of aliphatic imine (C=N–C) groups is 1. The van der Waals surface area contributed by atoms with Crippen molar-refractivity contribution in [2.45, 2.75) is 39.5 Å². The molecule has 1 heterocycles. The molecule has 0 saturated carbocycles. The van der Waals surface area contributed by atoms with Gasteiger partial charge in [-0.05, 0) is 5.92 Å². The lowest BCUT2D eigenvalue weighted by Crippen LogP contribution is -2.31. The lowest BCUT2D eigenvalue weighted by atomic mass is 10.1. The number of allylic oxidation sites excluding steroid dienone is 2. The quantitative estimate of drug-likeness (QED) is 0.702. The number of rotatable bonds is 3. The van der Waals surface area contributed by atoms with Crippen LogP contribution in [0.2, 0.25) is 19.6 Å². The Hall–Kier alpha value is -0.833. The van der Waals surface area contributed by atoms with Crippen LogP contribution in [0.4, 0.5) is 0 Å². The second-order valence-corrected chi connectivity index (χ2v) is 11.4. The number of ether oxygens (including phenoxy) is 1. The lowest BCUT2D eigenvalue weighted by molar-refractivity contribution is 0.283. The van der Waals surface area contributed by atoms with Crippen molar-refractivity contribution in [1.29, 1.82) is 0 Å². The number of nitrogens with zero attached hydrogens (tertiary/aromatic N) is 1. The van der Waals surface area contributed by atoms with Gasteiger partial charge in [0.2, 0.25) is 0 Å². The number of hydrogen-bond donors (Lipinski definition) is 0. The average molecular weight is 249 g/mol. The third kappa shape index (κ3) is 2.54. The van der Waals surface area contributed by atoms with Crippen LogP contribution >= 0.6 is 0 Å². The molecular weight excluding hydrogens is 226 g/mol. The fourth-order valence-electron chi connectivity index (χ4n) is 2.33. The van der Waals surface area contributed by atoms with Crippen LogP contribution in [0.1, 0.15) is 13.8 Å². The molecule has 1 aliphatic heterocycles. The van der Waals surface area contributed by atoms with Gasteiger partial charge in [0.1, 0.15) is 6.61 Å². The monoisotopic (exact) mass is 249 g/mol. The van der Waals surface area contributed by atoms with Gasteiger partial charge in [0.25, 0.3) is 0 Å². The molecule has 0 aromatic rings. The Labute approximate surface area is 105 Å². The molecule has 2 atom stereocenters. The highest BCUT2D eigenvalue weighted by atomic mass is 28.3. The van der Waals surface area contributed by atoms with Crippen LogP contribution in [0.25, 0.3) is 0 Å².